The van der Waals surface area contributed by atoms with E-state index in [-0.39, 0.29) is 5.92 Å². The van der Waals surface area contributed by atoms with Crippen LogP contribution in [0.4, 0.5) is 0 Å². The summed E-state index contributed by atoms with van der Waals surface area (Å²) >= 11 is 0. The van der Waals surface area contributed by atoms with Gasteiger partial charge >= 0.3 is 5.97 Å². The number of hydrogen-bond donors (Lipinski definition) is 4. The van der Waals surface area contributed by atoms with Gasteiger partial charge in [0, 0.05) is 24.9 Å². The van der Waals surface area contributed by atoms with Crippen LogP contribution in [0.5, 0.6) is 0 Å². The first kappa shape index (κ1) is 7.17. The summed E-state index contributed by atoms with van der Waals surface area (Å²) in [6.07, 6.45) is 3.28. The van der Waals surface area contributed by atoms with Crippen LogP contribution < -0.4 is 16.2 Å². The normalized spacial score (nSPS) is 26.2. The van der Waals surface area contributed by atoms with Crippen molar-refractivity contribution in [3.05, 3.63) is 23.7 Å². The van der Waals surface area contributed by atoms with Gasteiger partial charge in [-0.1, -0.05) is 0 Å². The van der Waals surface area contributed by atoms with Gasteiger partial charge in [0.25, 0.3) is 0 Å². The van der Waals surface area contributed by atoms with Crippen LogP contribution in [0.15, 0.2) is 23.7 Å². The summed E-state index contributed by atoms with van der Waals surface area (Å²) in [5.74, 6) is -0.910. The lowest BCUT2D eigenvalue weighted by atomic mass is 9.96. The number of nitrogens with one attached hydrogen (secondary N) is 3. The zero-order chi connectivity index (χ0) is 8.55. The standard InChI is InChI=1S/C7H9N3O2/c11-7(12)5-1-8-3-6-4(5)2-9-10-6/h1,3-4,8-10H,2H2,(H,11,12). The monoisotopic (exact) mass is 167 g/mol. The molecule has 0 spiro atoms. The van der Waals surface area contributed by atoms with Gasteiger partial charge < -0.3 is 15.8 Å². The van der Waals surface area contributed by atoms with Crippen LogP contribution in [0.25, 0.3) is 0 Å². The smallest absolute Gasteiger partial charge is 0.333 e. The Morgan fingerprint density at radius 2 is 2.42 bits per heavy atom. The van der Waals surface area contributed by atoms with Gasteiger partial charge in [-0.3, -0.25) is 0 Å². The fourth-order valence-corrected chi connectivity index (χ4v) is 1.40. The molecule has 0 amide bonds. The molecule has 0 radical (unpaired) electrons. The molecule has 2 aliphatic rings. The van der Waals surface area contributed by atoms with Gasteiger partial charge in [-0.2, -0.15) is 0 Å². The van der Waals surface area contributed by atoms with Crippen molar-refractivity contribution < 1.29 is 9.90 Å². The molecule has 0 aromatic carbocycles. The van der Waals surface area contributed by atoms with Crippen LogP contribution in [0.2, 0.25) is 0 Å². The number of hydrazine groups is 1. The summed E-state index contributed by atoms with van der Waals surface area (Å²) in [6.45, 7) is 0.631. The average Bonchev–Trinajstić information content (AvgIpc) is 2.49. The highest BCUT2D eigenvalue weighted by atomic mass is 16.4. The molecule has 0 aliphatic carbocycles. The minimum Gasteiger partial charge on any atom is -0.478 e. The quantitative estimate of drug-likeness (QED) is 0.408. The van der Waals surface area contributed by atoms with E-state index in [0.29, 0.717) is 12.1 Å². The third-order valence-electron chi connectivity index (χ3n) is 2.01. The van der Waals surface area contributed by atoms with Crippen LogP contribution in [0, 0.1) is 5.92 Å². The zero-order valence-corrected chi connectivity index (χ0v) is 6.29. The van der Waals surface area contributed by atoms with E-state index in [1.165, 1.54) is 6.20 Å². The van der Waals surface area contributed by atoms with Crippen molar-refractivity contribution in [2.24, 2.45) is 5.92 Å². The van der Waals surface area contributed by atoms with Crippen LogP contribution in [-0.2, 0) is 4.79 Å². The van der Waals surface area contributed by atoms with Gasteiger partial charge in [0.15, 0.2) is 0 Å². The number of hydrogen-bond acceptors (Lipinski definition) is 4. The van der Waals surface area contributed by atoms with Gasteiger partial charge in [-0.05, 0) is 0 Å². The number of fused-ring (bicyclic) bond motifs is 1. The van der Waals surface area contributed by atoms with Gasteiger partial charge in [0.1, 0.15) is 0 Å². The summed E-state index contributed by atoms with van der Waals surface area (Å²) in [4.78, 5) is 10.7. The van der Waals surface area contributed by atoms with Crippen molar-refractivity contribution in [2.75, 3.05) is 6.54 Å². The van der Waals surface area contributed by atoms with E-state index in [1.54, 1.807) is 6.20 Å². The highest BCUT2D eigenvalue weighted by molar-refractivity contribution is 5.88. The van der Waals surface area contributed by atoms with Gasteiger partial charge in [0.05, 0.1) is 11.3 Å². The second-order valence-corrected chi connectivity index (χ2v) is 2.73. The number of dihydropyridines is 1. The molecule has 4 N–H and O–H groups in total. The fraction of sp³-hybridized carbons (Fsp3) is 0.286. The second-order valence-electron chi connectivity index (χ2n) is 2.73. The Morgan fingerprint density at radius 3 is 3.17 bits per heavy atom. The number of carboxylic acid groups (broad SMARTS) is 1. The topological polar surface area (TPSA) is 73.4 Å². The molecule has 1 atom stereocenters. The van der Waals surface area contributed by atoms with E-state index < -0.39 is 5.97 Å². The van der Waals surface area contributed by atoms with Crippen molar-refractivity contribution in [2.45, 2.75) is 0 Å². The number of carbonyl (C=O) groups is 1. The molecule has 0 bridgehead atoms. The molecule has 5 nitrogen and oxygen atoms in total. The summed E-state index contributed by atoms with van der Waals surface area (Å²) in [5, 5.41) is 11.6. The van der Waals surface area contributed by atoms with Crippen molar-refractivity contribution in [1.82, 2.24) is 16.2 Å². The van der Waals surface area contributed by atoms with Crippen LogP contribution in [-0.4, -0.2) is 17.6 Å². The van der Waals surface area contributed by atoms with Crippen molar-refractivity contribution in [3.8, 4) is 0 Å². The molecule has 2 aliphatic heterocycles. The van der Waals surface area contributed by atoms with Gasteiger partial charge in [0.2, 0.25) is 0 Å². The molecule has 0 saturated carbocycles. The lowest BCUT2D eigenvalue weighted by Crippen LogP contribution is -2.23. The van der Waals surface area contributed by atoms with Crippen LogP contribution in [0.3, 0.4) is 0 Å². The van der Waals surface area contributed by atoms with Crippen molar-refractivity contribution >= 4 is 5.97 Å². The fourth-order valence-electron chi connectivity index (χ4n) is 1.40. The third kappa shape index (κ3) is 0.947. The number of rotatable bonds is 1. The summed E-state index contributed by atoms with van der Waals surface area (Å²) in [5.41, 5.74) is 7.05. The number of carboxylic acids is 1. The Morgan fingerprint density at radius 1 is 1.58 bits per heavy atom. The van der Waals surface area contributed by atoms with Crippen molar-refractivity contribution in [1.29, 1.82) is 0 Å². The molecular formula is C7H9N3O2. The number of aliphatic carboxylic acids is 1. The lowest BCUT2D eigenvalue weighted by Gasteiger charge is -2.15. The second kappa shape index (κ2) is 2.53. The molecule has 12 heavy (non-hydrogen) atoms. The maximum Gasteiger partial charge on any atom is 0.333 e. The van der Waals surface area contributed by atoms with Gasteiger partial charge in [-0.15, -0.1) is 0 Å². The first-order valence-corrected chi connectivity index (χ1v) is 3.67. The molecule has 2 heterocycles. The van der Waals surface area contributed by atoms with E-state index >= 15 is 0 Å². The SMILES string of the molecule is O=C(O)C1=CNC=C2NNCC21. The molecule has 1 saturated heterocycles. The first-order chi connectivity index (χ1) is 5.79. The zero-order valence-electron chi connectivity index (χ0n) is 6.29. The minimum atomic E-state index is -0.872. The predicted octanol–water partition coefficient (Wildman–Crippen LogP) is -0.877. The van der Waals surface area contributed by atoms with Gasteiger partial charge in [-0.25, -0.2) is 10.2 Å². The average molecular weight is 167 g/mol. The minimum absolute atomic E-state index is 0.0382. The highest BCUT2D eigenvalue weighted by Gasteiger charge is 2.30. The summed E-state index contributed by atoms with van der Waals surface area (Å²) < 4.78 is 0. The van der Waals surface area contributed by atoms with E-state index in [4.69, 9.17) is 5.11 Å². The Kier molecular flexibility index (Phi) is 1.51. The van der Waals surface area contributed by atoms with E-state index in [0.717, 1.165) is 5.70 Å². The predicted molar refractivity (Wildman–Crippen MR) is 41.6 cm³/mol. The Balaban J connectivity index is 2.26. The molecule has 1 unspecified atom stereocenters. The summed E-state index contributed by atoms with van der Waals surface area (Å²) in [7, 11) is 0. The maximum absolute atomic E-state index is 10.7. The Labute approximate surface area is 69.1 Å². The van der Waals surface area contributed by atoms with Crippen LogP contribution in [0.1, 0.15) is 0 Å². The largest absolute Gasteiger partial charge is 0.478 e. The van der Waals surface area contributed by atoms with Crippen molar-refractivity contribution in [3.63, 3.8) is 0 Å². The Bertz CT molecular complexity index is 282. The summed E-state index contributed by atoms with van der Waals surface area (Å²) in [6, 6.07) is 0. The molecule has 2 rings (SSSR count). The van der Waals surface area contributed by atoms with E-state index in [2.05, 4.69) is 16.2 Å². The third-order valence-corrected chi connectivity index (χ3v) is 2.01. The molecule has 5 heteroatoms. The molecule has 64 valence electrons. The first-order valence-electron chi connectivity index (χ1n) is 3.67. The Hall–Kier alpha value is -1.49. The maximum atomic E-state index is 10.7. The molecular weight excluding hydrogens is 158 g/mol. The lowest BCUT2D eigenvalue weighted by molar-refractivity contribution is -0.133. The van der Waals surface area contributed by atoms with Crippen LogP contribution >= 0.6 is 0 Å². The van der Waals surface area contributed by atoms with E-state index in [1.807, 2.05) is 0 Å². The molecule has 0 aromatic rings. The van der Waals surface area contributed by atoms with E-state index in [9.17, 15) is 4.79 Å². The molecule has 1 fully saturated rings. The highest BCUT2D eigenvalue weighted by Crippen LogP contribution is 2.22. The molecule has 0 aromatic heterocycles.